The molecule has 0 radical (unpaired) electrons. The van der Waals surface area contributed by atoms with E-state index in [4.69, 9.17) is 9.15 Å². The number of aryl methyl sites for hydroxylation is 1. The molecule has 2 aromatic heterocycles. The summed E-state index contributed by atoms with van der Waals surface area (Å²) in [5.74, 6) is 3.17. The maximum Gasteiger partial charge on any atom is 0.340 e. The Kier molecular flexibility index (Phi) is 4.95. The first-order valence-electron chi connectivity index (χ1n) is 11.1. The smallest absolute Gasteiger partial charge is 0.340 e. The largest absolute Gasteiger partial charge is 0.467 e. The molecule has 6 nitrogen and oxygen atoms in total. The number of nitrogens with one attached hydrogen (secondary N) is 1. The minimum absolute atomic E-state index is 0.176. The predicted molar refractivity (Wildman–Crippen MR) is 111 cm³/mol. The summed E-state index contributed by atoms with van der Waals surface area (Å²) in [4.78, 5) is 25.2. The Morgan fingerprint density at radius 3 is 2.47 bits per heavy atom. The SMILES string of the molecule is Cc1cc(C(=O)OCC(=O)NC2C3CC4CC(C3)CC2C4)c(C)n1Cc1ccco1. The summed E-state index contributed by atoms with van der Waals surface area (Å²) in [6.07, 6.45) is 8.03. The van der Waals surface area contributed by atoms with E-state index in [2.05, 4.69) is 5.32 Å². The number of rotatable bonds is 6. The zero-order valence-electron chi connectivity index (χ0n) is 17.7. The predicted octanol–water partition coefficient (Wildman–Crippen LogP) is 3.84. The lowest BCUT2D eigenvalue weighted by Crippen LogP contribution is -2.56. The molecule has 0 unspecified atom stereocenters. The highest BCUT2D eigenvalue weighted by Crippen LogP contribution is 2.53. The number of hydrogen-bond donors (Lipinski definition) is 1. The molecule has 4 fully saturated rings. The molecular formula is C24H30N2O4. The summed E-state index contributed by atoms with van der Waals surface area (Å²) in [7, 11) is 0. The molecule has 0 aliphatic heterocycles. The van der Waals surface area contributed by atoms with Crippen molar-refractivity contribution in [2.24, 2.45) is 23.7 Å². The standard InChI is InChI=1S/C24H30N2O4/c1-14-6-21(15(2)26(14)12-20-4-3-5-29-20)24(28)30-13-22(27)25-23-18-8-16-7-17(10-18)11-19(23)9-16/h3-6,16-19,23H,7-13H2,1-2H3,(H,25,27). The van der Waals surface area contributed by atoms with Crippen LogP contribution in [0, 0.1) is 37.5 Å². The van der Waals surface area contributed by atoms with Gasteiger partial charge in [0.1, 0.15) is 5.76 Å². The number of esters is 1. The normalized spacial score (nSPS) is 29.2. The van der Waals surface area contributed by atoms with Crippen LogP contribution in [0.1, 0.15) is 59.6 Å². The lowest BCUT2D eigenvalue weighted by molar-refractivity contribution is -0.128. The number of carbonyl (C=O) groups excluding carboxylic acids is 2. The van der Waals surface area contributed by atoms with Gasteiger partial charge in [0, 0.05) is 17.4 Å². The average molecular weight is 411 g/mol. The van der Waals surface area contributed by atoms with Crippen LogP contribution < -0.4 is 5.32 Å². The summed E-state index contributed by atoms with van der Waals surface area (Å²) in [6.45, 7) is 4.18. The van der Waals surface area contributed by atoms with E-state index in [-0.39, 0.29) is 18.6 Å². The molecule has 2 aromatic rings. The summed E-state index contributed by atoms with van der Waals surface area (Å²) in [6, 6.07) is 5.84. The number of hydrogen-bond acceptors (Lipinski definition) is 4. The van der Waals surface area contributed by atoms with Crippen LogP contribution in [0.5, 0.6) is 0 Å². The number of furan rings is 1. The van der Waals surface area contributed by atoms with Crippen molar-refractivity contribution in [1.82, 2.24) is 9.88 Å². The molecule has 0 atom stereocenters. The molecule has 6 heteroatoms. The number of carbonyl (C=O) groups is 2. The molecule has 160 valence electrons. The maximum atomic E-state index is 12.6. The Bertz CT molecular complexity index is 915. The van der Waals surface area contributed by atoms with E-state index in [0.29, 0.717) is 23.9 Å². The van der Waals surface area contributed by atoms with Gasteiger partial charge in [-0.25, -0.2) is 4.79 Å². The highest BCUT2D eigenvalue weighted by molar-refractivity contribution is 5.92. The quantitative estimate of drug-likeness (QED) is 0.735. The lowest BCUT2D eigenvalue weighted by atomic mass is 9.54. The molecule has 1 amide bonds. The van der Waals surface area contributed by atoms with Gasteiger partial charge in [0.25, 0.3) is 5.91 Å². The van der Waals surface area contributed by atoms with Gasteiger partial charge in [0.05, 0.1) is 18.4 Å². The zero-order valence-corrected chi connectivity index (χ0v) is 17.7. The highest BCUT2D eigenvalue weighted by atomic mass is 16.5. The van der Waals surface area contributed by atoms with Crippen molar-refractivity contribution < 1.29 is 18.7 Å². The van der Waals surface area contributed by atoms with E-state index in [1.165, 1.54) is 32.1 Å². The van der Waals surface area contributed by atoms with Crippen molar-refractivity contribution in [2.45, 2.75) is 58.5 Å². The second-order valence-electron chi connectivity index (χ2n) is 9.55. The third-order valence-corrected chi connectivity index (χ3v) is 7.58. The van der Waals surface area contributed by atoms with Gasteiger partial charge < -0.3 is 19.0 Å². The van der Waals surface area contributed by atoms with Gasteiger partial charge in [-0.05, 0) is 87.8 Å². The Morgan fingerprint density at radius 1 is 1.13 bits per heavy atom. The fourth-order valence-electron chi connectivity index (χ4n) is 6.41. The van der Waals surface area contributed by atoms with Crippen molar-refractivity contribution in [3.63, 3.8) is 0 Å². The van der Waals surface area contributed by atoms with Gasteiger partial charge in [-0.1, -0.05) is 0 Å². The minimum Gasteiger partial charge on any atom is -0.467 e. The minimum atomic E-state index is -0.450. The monoisotopic (exact) mass is 410 g/mol. The third-order valence-electron chi connectivity index (χ3n) is 7.58. The van der Waals surface area contributed by atoms with Crippen LogP contribution in [0.25, 0.3) is 0 Å². The number of aromatic nitrogens is 1. The van der Waals surface area contributed by atoms with Crippen molar-refractivity contribution in [3.8, 4) is 0 Å². The third kappa shape index (κ3) is 3.57. The molecule has 4 bridgehead atoms. The zero-order chi connectivity index (χ0) is 20.8. The van der Waals surface area contributed by atoms with Crippen molar-refractivity contribution in [2.75, 3.05) is 6.61 Å². The van der Waals surface area contributed by atoms with Gasteiger partial charge in [0.2, 0.25) is 0 Å². The number of nitrogens with zero attached hydrogens (tertiary/aromatic N) is 1. The van der Waals surface area contributed by atoms with Gasteiger partial charge in [0.15, 0.2) is 6.61 Å². The summed E-state index contributed by atoms with van der Waals surface area (Å²) in [5.41, 5.74) is 2.27. The van der Waals surface area contributed by atoms with E-state index in [9.17, 15) is 9.59 Å². The van der Waals surface area contributed by atoms with E-state index in [1.807, 2.05) is 36.6 Å². The second kappa shape index (κ2) is 7.64. The Balaban J connectivity index is 1.18. The van der Waals surface area contributed by atoms with Crippen LogP contribution in [0.4, 0.5) is 0 Å². The van der Waals surface area contributed by atoms with E-state index in [0.717, 1.165) is 29.0 Å². The maximum absolute atomic E-state index is 12.6. The Labute approximate surface area is 177 Å². The molecule has 4 aliphatic rings. The summed E-state index contributed by atoms with van der Waals surface area (Å²) < 4.78 is 12.8. The summed E-state index contributed by atoms with van der Waals surface area (Å²) in [5, 5.41) is 3.20. The molecule has 4 aliphatic carbocycles. The van der Waals surface area contributed by atoms with Crippen molar-refractivity contribution in [1.29, 1.82) is 0 Å². The second-order valence-corrected chi connectivity index (χ2v) is 9.55. The van der Waals surface area contributed by atoms with Crippen LogP contribution in [-0.4, -0.2) is 29.1 Å². The van der Waals surface area contributed by atoms with Gasteiger partial charge in [-0.15, -0.1) is 0 Å². The molecule has 2 heterocycles. The average Bonchev–Trinajstić information content (AvgIpc) is 3.32. The topological polar surface area (TPSA) is 73.5 Å². The highest BCUT2D eigenvalue weighted by Gasteiger charge is 2.48. The van der Waals surface area contributed by atoms with E-state index in [1.54, 1.807) is 6.26 Å². The molecule has 0 saturated heterocycles. The fraction of sp³-hybridized carbons (Fsp3) is 0.583. The van der Waals surface area contributed by atoms with E-state index < -0.39 is 5.97 Å². The van der Waals surface area contributed by atoms with Crippen molar-refractivity contribution >= 4 is 11.9 Å². The lowest BCUT2D eigenvalue weighted by Gasteiger charge is -2.54. The Morgan fingerprint density at radius 2 is 1.83 bits per heavy atom. The van der Waals surface area contributed by atoms with Gasteiger partial charge in [-0.2, -0.15) is 0 Å². The van der Waals surface area contributed by atoms with Crippen LogP contribution in [0.15, 0.2) is 28.9 Å². The van der Waals surface area contributed by atoms with Crippen LogP contribution in [-0.2, 0) is 16.1 Å². The molecule has 1 N–H and O–H groups in total. The molecule has 0 spiro atoms. The first-order valence-corrected chi connectivity index (χ1v) is 11.1. The summed E-state index contributed by atoms with van der Waals surface area (Å²) >= 11 is 0. The van der Waals surface area contributed by atoms with E-state index >= 15 is 0 Å². The molecule has 0 aromatic carbocycles. The van der Waals surface area contributed by atoms with Crippen LogP contribution in [0.3, 0.4) is 0 Å². The number of ether oxygens (including phenoxy) is 1. The first-order chi connectivity index (χ1) is 14.5. The van der Waals surface area contributed by atoms with Crippen LogP contribution >= 0.6 is 0 Å². The van der Waals surface area contributed by atoms with Crippen molar-refractivity contribution in [3.05, 3.63) is 47.2 Å². The van der Waals surface area contributed by atoms with Gasteiger partial charge in [-0.3, -0.25) is 4.79 Å². The first kappa shape index (κ1) is 19.5. The van der Waals surface area contributed by atoms with Crippen LogP contribution in [0.2, 0.25) is 0 Å². The molecule has 4 saturated carbocycles. The Hall–Kier alpha value is -2.50. The molecule has 30 heavy (non-hydrogen) atoms. The van der Waals surface area contributed by atoms with Gasteiger partial charge >= 0.3 is 5.97 Å². The molecular weight excluding hydrogens is 380 g/mol. The molecule has 6 rings (SSSR count). The fourth-order valence-corrected chi connectivity index (χ4v) is 6.41. The number of amides is 1.